The first kappa shape index (κ1) is 62.2. The highest BCUT2D eigenvalue weighted by Crippen LogP contribution is 2.42. The number of carboxylic acid groups (broad SMARTS) is 1. The lowest BCUT2D eigenvalue weighted by Crippen LogP contribution is -2.60. The van der Waals surface area contributed by atoms with Crippen LogP contribution in [0.1, 0.15) is 105 Å². The van der Waals surface area contributed by atoms with Crippen LogP contribution in [0.5, 0.6) is 0 Å². The summed E-state index contributed by atoms with van der Waals surface area (Å²) in [6.07, 6.45) is 1.79. The predicted octanol–water partition coefficient (Wildman–Crippen LogP) is 8.35. The van der Waals surface area contributed by atoms with Crippen LogP contribution in [-0.2, 0) is 55.9 Å². The first-order chi connectivity index (χ1) is 35.2. The van der Waals surface area contributed by atoms with Crippen molar-refractivity contribution in [1.82, 2.24) is 25.3 Å². The molecule has 2 aliphatic rings. The number of nitrogens with one attached hydrogen (secondary N) is 3. The number of hydrogen-bond acceptors (Lipinski definition) is 13. The molecule has 74 heavy (non-hydrogen) atoms. The van der Waals surface area contributed by atoms with Gasteiger partial charge in [0.2, 0.25) is 23.6 Å². The first-order valence-electron chi connectivity index (χ1n) is 25.6. The van der Waals surface area contributed by atoms with Crippen LogP contribution in [0.2, 0.25) is 0 Å². The van der Waals surface area contributed by atoms with Gasteiger partial charge < -0.3 is 44.5 Å². The van der Waals surface area contributed by atoms with Gasteiger partial charge >= 0.3 is 18.2 Å². The van der Waals surface area contributed by atoms with E-state index in [0.29, 0.717) is 37.1 Å². The summed E-state index contributed by atoms with van der Waals surface area (Å²) in [5.74, 6) is -4.56. The third-order valence-corrected chi connectivity index (χ3v) is 18.1. The highest BCUT2D eigenvalue weighted by molar-refractivity contribution is 14.2. The second kappa shape index (κ2) is 30.4. The lowest BCUT2D eigenvalue weighted by Gasteiger charge is -2.41. The van der Waals surface area contributed by atoms with Gasteiger partial charge in [0.1, 0.15) is 30.8 Å². The van der Waals surface area contributed by atoms with E-state index in [-0.39, 0.29) is 54.5 Å². The third-order valence-electron chi connectivity index (χ3n) is 14.4. The number of carboxylic acids is 1. The van der Waals surface area contributed by atoms with Gasteiger partial charge in [0, 0.05) is 68.2 Å². The second-order valence-corrected chi connectivity index (χ2v) is 25.3. The number of halogens is 1. The van der Waals surface area contributed by atoms with E-state index in [1.807, 2.05) is 33.8 Å². The number of aliphatic carboxylic acids is 1. The number of carbonyl (C=O) groups is 7. The smallest absolute Gasteiger partial charge is 0.411 e. The molecule has 6 amide bonds. The lowest BCUT2D eigenvalue weighted by molar-refractivity contribution is -0.148. The largest absolute Gasteiger partial charge is 0.480 e. The van der Waals surface area contributed by atoms with Gasteiger partial charge in [0.25, 0.3) is 0 Å². The molecule has 1 saturated heterocycles. The van der Waals surface area contributed by atoms with Crippen molar-refractivity contribution in [2.24, 2.45) is 23.7 Å². The Balaban J connectivity index is 1.40. The van der Waals surface area contributed by atoms with Crippen LogP contribution in [0.3, 0.4) is 0 Å². The van der Waals surface area contributed by atoms with Crippen LogP contribution >= 0.6 is 40.0 Å². The number of methoxy groups -OCH3 is 2. The molecular formula is C53H79IN6O12S2. The highest BCUT2D eigenvalue weighted by atomic mass is 127. The number of benzene rings is 2. The van der Waals surface area contributed by atoms with Crippen molar-refractivity contribution in [2.45, 2.75) is 160 Å². The maximum atomic E-state index is 14.7. The SMILES string of the molecule is CC[C@H](C)[C@@H]([C@@H](CC(=O)N1CCC[C@H]1[C@H](OC)[C@@H](C)C(=O)N[C@@H](Cc1ccccc1)C(=O)O)OC)N(C)C(=O)[C@@H](NC(=O)[C@H](C(C)C)N(C)C(=O)OCc1ccc(NC(=O)O[C@@H]2CCC[C@H]2SSI)cc1)C(C)C. The number of likely N-dealkylation sites (tertiary alicyclic amines) is 1. The van der Waals surface area contributed by atoms with Gasteiger partial charge in [-0.1, -0.05) is 108 Å². The van der Waals surface area contributed by atoms with Crippen molar-refractivity contribution in [1.29, 1.82) is 0 Å². The van der Waals surface area contributed by atoms with Gasteiger partial charge in [-0.2, -0.15) is 0 Å². The summed E-state index contributed by atoms with van der Waals surface area (Å²) in [7, 11) is 9.45. The van der Waals surface area contributed by atoms with Gasteiger partial charge in [-0.05, 0) is 81.1 Å². The van der Waals surface area contributed by atoms with E-state index < -0.39 is 84.2 Å². The standard InChI is InChI=1S/C53H79IN6O12S2/c1-12-33(6)46(41(69-10)29-43(61)60-27-17-20-39(60)47(70-11)34(7)48(62)56-38(51(65)66)28-35-18-14-13-15-19-35)58(8)50(64)44(31(2)3)57-49(63)45(32(4)5)59(9)53(68)71-30-36-23-25-37(26-24-36)55-52(67)72-40-21-16-22-42(40)73-74-54/h13-15,18-19,23-26,31-34,38-42,44-47H,12,16-17,20-22,27-30H2,1-11H3,(H,55,67)(H,56,62)(H,57,63)(H,65,66)/t33-,34+,38-,39-,40+,41+,42+,44-,45-,46-,47+/m0/s1. The Morgan fingerprint density at radius 2 is 1.50 bits per heavy atom. The summed E-state index contributed by atoms with van der Waals surface area (Å²) in [4.78, 5) is 99.7. The molecule has 21 heteroatoms. The van der Waals surface area contributed by atoms with Crippen LogP contribution in [0.25, 0.3) is 0 Å². The van der Waals surface area contributed by atoms with Crippen LogP contribution in [0.4, 0.5) is 15.3 Å². The van der Waals surface area contributed by atoms with E-state index in [9.17, 15) is 38.7 Å². The van der Waals surface area contributed by atoms with Crippen LogP contribution in [0.15, 0.2) is 54.6 Å². The summed E-state index contributed by atoms with van der Waals surface area (Å²) >= 11 is 2.23. The zero-order valence-electron chi connectivity index (χ0n) is 44.7. The number of amides is 6. The molecule has 1 saturated carbocycles. The van der Waals surface area contributed by atoms with Crippen molar-refractivity contribution in [3.8, 4) is 0 Å². The first-order valence-corrected chi connectivity index (χ1v) is 30.3. The van der Waals surface area contributed by atoms with E-state index in [0.717, 1.165) is 24.8 Å². The number of ether oxygens (including phenoxy) is 4. The Kier molecular flexibility index (Phi) is 25.6. The molecule has 2 aromatic rings. The van der Waals surface area contributed by atoms with E-state index >= 15 is 0 Å². The Hall–Kier alpha value is -4.32. The van der Waals surface area contributed by atoms with E-state index in [4.69, 9.17) is 18.9 Å². The zero-order chi connectivity index (χ0) is 54.8. The molecule has 1 aliphatic heterocycles. The minimum atomic E-state index is -1.17. The predicted molar refractivity (Wildman–Crippen MR) is 296 cm³/mol. The van der Waals surface area contributed by atoms with Gasteiger partial charge in [-0.3, -0.25) is 29.4 Å². The summed E-state index contributed by atoms with van der Waals surface area (Å²) in [6, 6.07) is 11.6. The molecule has 412 valence electrons. The fraction of sp³-hybridized carbons (Fsp3) is 0.642. The normalized spacial score (nSPS) is 19.8. The minimum absolute atomic E-state index is 0.0932. The highest BCUT2D eigenvalue weighted by Gasteiger charge is 2.44. The molecule has 0 bridgehead atoms. The number of hydrogen-bond donors (Lipinski definition) is 4. The zero-order valence-corrected chi connectivity index (χ0v) is 48.5. The van der Waals surface area contributed by atoms with Crippen molar-refractivity contribution in [3.63, 3.8) is 0 Å². The molecule has 0 radical (unpaired) electrons. The maximum Gasteiger partial charge on any atom is 0.411 e. The third kappa shape index (κ3) is 17.4. The molecule has 0 unspecified atom stereocenters. The molecule has 2 aromatic carbocycles. The number of nitrogens with zero attached hydrogens (tertiary/aromatic N) is 3. The molecule has 11 atom stereocenters. The Morgan fingerprint density at radius 1 is 0.824 bits per heavy atom. The maximum absolute atomic E-state index is 14.7. The van der Waals surface area contributed by atoms with Crippen molar-refractivity contribution < 1.29 is 57.6 Å². The number of carbonyl (C=O) groups excluding carboxylic acids is 6. The summed E-state index contributed by atoms with van der Waals surface area (Å²) in [5.41, 5.74) is 1.95. The summed E-state index contributed by atoms with van der Waals surface area (Å²) in [6.45, 7) is 13.2. The minimum Gasteiger partial charge on any atom is -0.480 e. The van der Waals surface area contributed by atoms with Crippen molar-refractivity contribution in [2.75, 3.05) is 40.2 Å². The monoisotopic (exact) mass is 1180 g/mol. The molecule has 1 heterocycles. The Bertz CT molecular complexity index is 2160. The van der Waals surface area contributed by atoms with Gasteiger partial charge in [-0.25, -0.2) is 14.4 Å². The molecule has 1 aliphatic carbocycles. The molecular weight excluding hydrogens is 1100 g/mol. The topological polar surface area (TPSA) is 222 Å². The molecule has 0 spiro atoms. The summed E-state index contributed by atoms with van der Waals surface area (Å²) < 4.78 is 23.3. The fourth-order valence-electron chi connectivity index (χ4n) is 10.1. The molecule has 4 rings (SSSR count). The fourth-order valence-corrected chi connectivity index (χ4v) is 14.1. The molecule has 18 nitrogen and oxygen atoms in total. The lowest BCUT2D eigenvalue weighted by atomic mass is 9.89. The van der Waals surface area contributed by atoms with Crippen LogP contribution < -0.4 is 16.0 Å². The van der Waals surface area contributed by atoms with Crippen LogP contribution in [0, 0.1) is 23.7 Å². The average molecular weight is 1180 g/mol. The molecule has 0 aromatic heterocycles. The van der Waals surface area contributed by atoms with E-state index in [1.54, 1.807) is 105 Å². The number of anilines is 1. The molecule has 2 fully saturated rings. The average Bonchev–Trinajstić information content (AvgIpc) is 4.04. The molecule has 4 N–H and O–H groups in total. The van der Waals surface area contributed by atoms with Gasteiger partial charge in [-0.15, -0.1) is 0 Å². The van der Waals surface area contributed by atoms with E-state index in [2.05, 4.69) is 37.2 Å². The quantitative estimate of drug-likeness (QED) is 0.0488. The summed E-state index contributed by atoms with van der Waals surface area (Å²) in [5, 5.41) is 18.6. The Labute approximate surface area is 457 Å². The Morgan fingerprint density at radius 3 is 2.08 bits per heavy atom. The van der Waals surface area contributed by atoms with E-state index in [1.165, 1.54) is 26.2 Å². The van der Waals surface area contributed by atoms with Crippen molar-refractivity contribution in [3.05, 3.63) is 65.7 Å². The number of likely N-dealkylation sites (N-methyl/N-ethyl adjacent to an activating group) is 2. The number of rotatable bonds is 27. The van der Waals surface area contributed by atoms with Gasteiger partial charge in [0.05, 0.1) is 41.9 Å². The van der Waals surface area contributed by atoms with Crippen LogP contribution in [-0.4, -0.2) is 150 Å². The van der Waals surface area contributed by atoms with Crippen molar-refractivity contribution >= 4 is 87.4 Å². The van der Waals surface area contributed by atoms with Gasteiger partial charge in [0.15, 0.2) is 0 Å². The second-order valence-electron chi connectivity index (χ2n) is 20.2.